The van der Waals surface area contributed by atoms with Gasteiger partial charge in [-0.1, -0.05) is 0 Å². The Kier molecular flexibility index (Phi) is 4.48. The van der Waals surface area contributed by atoms with Gasteiger partial charge >= 0.3 is 0 Å². The summed E-state index contributed by atoms with van der Waals surface area (Å²) in [5.41, 5.74) is 0. The van der Waals surface area contributed by atoms with Gasteiger partial charge in [0.2, 0.25) is 0 Å². The first kappa shape index (κ1) is 12.9. The van der Waals surface area contributed by atoms with E-state index in [4.69, 9.17) is 9.47 Å². The summed E-state index contributed by atoms with van der Waals surface area (Å²) in [4.78, 5) is 6.48. The maximum Gasteiger partial charge on any atom is 0.296 e. The van der Waals surface area contributed by atoms with Crippen molar-refractivity contribution in [3.63, 3.8) is 0 Å². The molecule has 1 heterocycles. The third-order valence-corrected chi connectivity index (χ3v) is 3.13. The number of methoxy groups -OCH3 is 2. The zero-order valence-electron chi connectivity index (χ0n) is 10.5. The van der Waals surface area contributed by atoms with E-state index in [1.54, 1.807) is 14.2 Å². The SMILES string of the molecule is COC1(OC)N(C)CCN(C)CCN1C. The number of ether oxygens (including phenoxy) is 2. The van der Waals surface area contributed by atoms with Crippen LogP contribution in [0.25, 0.3) is 0 Å². The Morgan fingerprint density at radius 2 is 1.20 bits per heavy atom. The molecule has 1 fully saturated rings. The van der Waals surface area contributed by atoms with Gasteiger partial charge in [-0.25, -0.2) is 9.80 Å². The van der Waals surface area contributed by atoms with Crippen molar-refractivity contribution in [1.29, 1.82) is 0 Å². The average Bonchev–Trinajstić information content (AvgIpc) is 2.24. The molecule has 0 aromatic carbocycles. The standard InChI is InChI=1S/C10H23N3O2/c1-11-6-8-12(2)10(14-4,15-5)13(3)9-7-11/h6-9H2,1-5H3. The number of likely N-dealkylation sites (N-methyl/N-ethyl adjacent to an activating group) is 3. The molecule has 0 bridgehead atoms. The van der Waals surface area contributed by atoms with Crippen molar-refractivity contribution in [3.05, 3.63) is 0 Å². The summed E-state index contributed by atoms with van der Waals surface area (Å²) in [6.07, 6.45) is 0. The fourth-order valence-electron chi connectivity index (χ4n) is 2.03. The lowest BCUT2D eigenvalue weighted by Crippen LogP contribution is -2.64. The zero-order valence-corrected chi connectivity index (χ0v) is 10.5. The van der Waals surface area contributed by atoms with Gasteiger partial charge in [-0.3, -0.25) is 0 Å². The highest BCUT2D eigenvalue weighted by atomic mass is 16.7. The van der Waals surface area contributed by atoms with Crippen LogP contribution in [0.3, 0.4) is 0 Å². The van der Waals surface area contributed by atoms with Crippen LogP contribution < -0.4 is 0 Å². The molecule has 1 aliphatic rings. The molecule has 0 N–H and O–H groups in total. The molecule has 15 heavy (non-hydrogen) atoms. The summed E-state index contributed by atoms with van der Waals surface area (Å²) in [5.74, 6) is 0. The van der Waals surface area contributed by atoms with Gasteiger partial charge in [-0.2, -0.15) is 0 Å². The first-order valence-corrected chi connectivity index (χ1v) is 5.28. The summed E-state index contributed by atoms with van der Waals surface area (Å²) in [6, 6.07) is -0.721. The summed E-state index contributed by atoms with van der Waals surface area (Å²) < 4.78 is 11.1. The number of rotatable bonds is 2. The second kappa shape index (κ2) is 5.23. The summed E-state index contributed by atoms with van der Waals surface area (Å²) in [5, 5.41) is 0. The van der Waals surface area contributed by atoms with E-state index >= 15 is 0 Å². The first-order chi connectivity index (χ1) is 7.06. The normalized spacial score (nSPS) is 26.2. The maximum atomic E-state index is 5.53. The van der Waals surface area contributed by atoms with Crippen LogP contribution in [0.4, 0.5) is 0 Å². The highest BCUT2D eigenvalue weighted by Crippen LogP contribution is 2.21. The van der Waals surface area contributed by atoms with E-state index in [0.29, 0.717) is 0 Å². The van der Waals surface area contributed by atoms with Crippen LogP contribution in [0.5, 0.6) is 0 Å². The van der Waals surface area contributed by atoms with Crippen molar-refractivity contribution in [3.8, 4) is 0 Å². The van der Waals surface area contributed by atoms with Gasteiger partial charge in [-0.15, -0.1) is 0 Å². The number of hydrogen-bond acceptors (Lipinski definition) is 5. The van der Waals surface area contributed by atoms with Crippen LogP contribution in [0, 0.1) is 0 Å². The van der Waals surface area contributed by atoms with E-state index in [0.717, 1.165) is 26.2 Å². The minimum Gasteiger partial charge on any atom is -0.328 e. The fraction of sp³-hybridized carbons (Fsp3) is 1.00. The highest BCUT2D eigenvalue weighted by molar-refractivity contribution is 4.74. The Labute approximate surface area is 92.5 Å². The number of nitrogens with zero attached hydrogens (tertiary/aromatic N) is 3. The van der Waals surface area contributed by atoms with E-state index in [1.807, 2.05) is 14.1 Å². The van der Waals surface area contributed by atoms with E-state index in [9.17, 15) is 0 Å². The molecule has 0 amide bonds. The molecule has 0 aromatic rings. The summed E-state index contributed by atoms with van der Waals surface area (Å²) in [6.45, 7) is 3.89. The van der Waals surface area contributed by atoms with Gasteiger partial charge in [0.15, 0.2) is 0 Å². The predicted octanol–water partition coefficient (Wildman–Crippen LogP) is -0.300. The van der Waals surface area contributed by atoms with Crippen LogP contribution in [0.2, 0.25) is 0 Å². The smallest absolute Gasteiger partial charge is 0.296 e. The highest BCUT2D eigenvalue weighted by Gasteiger charge is 2.40. The quantitative estimate of drug-likeness (QED) is 0.592. The topological polar surface area (TPSA) is 28.2 Å². The van der Waals surface area contributed by atoms with Gasteiger partial charge in [0, 0.05) is 40.4 Å². The van der Waals surface area contributed by atoms with E-state index < -0.39 is 6.03 Å². The molecular weight excluding hydrogens is 194 g/mol. The Morgan fingerprint density at radius 1 is 0.800 bits per heavy atom. The molecule has 1 saturated heterocycles. The number of hydrogen-bond donors (Lipinski definition) is 0. The molecule has 0 aliphatic carbocycles. The maximum absolute atomic E-state index is 5.53. The van der Waals surface area contributed by atoms with Gasteiger partial charge in [0.1, 0.15) is 0 Å². The Balaban J connectivity index is 2.81. The lowest BCUT2D eigenvalue weighted by molar-refractivity contribution is -0.365. The third-order valence-electron chi connectivity index (χ3n) is 3.13. The van der Waals surface area contributed by atoms with Crippen LogP contribution in [-0.4, -0.2) is 82.3 Å². The van der Waals surface area contributed by atoms with Crippen molar-refractivity contribution in [2.75, 3.05) is 61.5 Å². The van der Waals surface area contributed by atoms with E-state index in [2.05, 4.69) is 21.7 Å². The molecular formula is C10H23N3O2. The van der Waals surface area contributed by atoms with Gasteiger partial charge in [-0.05, 0) is 21.1 Å². The Morgan fingerprint density at radius 3 is 1.53 bits per heavy atom. The van der Waals surface area contributed by atoms with Crippen LogP contribution in [0.1, 0.15) is 0 Å². The van der Waals surface area contributed by atoms with Gasteiger partial charge in [0.25, 0.3) is 6.03 Å². The van der Waals surface area contributed by atoms with Crippen molar-refractivity contribution in [2.45, 2.75) is 6.03 Å². The lowest BCUT2D eigenvalue weighted by Gasteiger charge is -2.46. The summed E-state index contributed by atoms with van der Waals surface area (Å²) in [7, 11) is 9.53. The molecule has 0 aromatic heterocycles. The molecule has 1 rings (SSSR count). The third kappa shape index (κ3) is 2.49. The molecule has 0 saturated carbocycles. The molecule has 0 unspecified atom stereocenters. The molecule has 1 aliphatic heterocycles. The van der Waals surface area contributed by atoms with Crippen molar-refractivity contribution < 1.29 is 9.47 Å². The van der Waals surface area contributed by atoms with Crippen molar-refractivity contribution >= 4 is 0 Å². The zero-order chi connectivity index (χ0) is 11.5. The van der Waals surface area contributed by atoms with Crippen molar-refractivity contribution in [2.24, 2.45) is 0 Å². The molecule has 0 spiro atoms. The minimum atomic E-state index is -0.721. The van der Waals surface area contributed by atoms with Crippen LogP contribution >= 0.6 is 0 Å². The van der Waals surface area contributed by atoms with Gasteiger partial charge < -0.3 is 14.4 Å². The fourth-order valence-corrected chi connectivity index (χ4v) is 2.03. The second-order valence-electron chi connectivity index (χ2n) is 4.10. The second-order valence-corrected chi connectivity index (χ2v) is 4.10. The first-order valence-electron chi connectivity index (χ1n) is 5.28. The largest absolute Gasteiger partial charge is 0.328 e. The van der Waals surface area contributed by atoms with Crippen molar-refractivity contribution in [1.82, 2.24) is 14.7 Å². The molecule has 5 nitrogen and oxygen atoms in total. The minimum absolute atomic E-state index is 0.721. The molecule has 0 atom stereocenters. The Hall–Kier alpha value is -0.200. The molecule has 90 valence electrons. The average molecular weight is 217 g/mol. The monoisotopic (exact) mass is 217 g/mol. The van der Waals surface area contributed by atoms with Crippen LogP contribution in [-0.2, 0) is 9.47 Å². The molecule has 5 heteroatoms. The summed E-state index contributed by atoms with van der Waals surface area (Å²) >= 11 is 0. The van der Waals surface area contributed by atoms with Gasteiger partial charge in [0.05, 0.1) is 0 Å². The Bertz CT molecular complexity index is 181. The predicted molar refractivity (Wildman–Crippen MR) is 59.5 cm³/mol. The van der Waals surface area contributed by atoms with E-state index in [1.165, 1.54) is 0 Å². The van der Waals surface area contributed by atoms with E-state index in [-0.39, 0.29) is 0 Å². The lowest BCUT2D eigenvalue weighted by atomic mass is 10.3. The van der Waals surface area contributed by atoms with Crippen LogP contribution in [0.15, 0.2) is 0 Å². The molecule has 0 radical (unpaired) electrons.